The highest BCUT2D eigenvalue weighted by Crippen LogP contribution is 2.30. The highest BCUT2D eigenvalue weighted by atomic mass is 19.1. The van der Waals surface area contributed by atoms with Crippen molar-refractivity contribution in [2.24, 2.45) is 0 Å². The number of benzene rings is 2. The summed E-state index contributed by atoms with van der Waals surface area (Å²) >= 11 is 0. The Labute approximate surface area is 328 Å². The lowest BCUT2D eigenvalue weighted by molar-refractivity contribution is 0.0895. The number of halogens is 1. The molecular formula is C41H44FN11O4. The minimum absolute atomic E-state index is 0.148. The molecule has 15 nitrogen and oxygen atoms in total. The predicted octanol–water partition coefficient (Wildman–Crippen LogP) is 5.11. The molecule has 57 heavy (non-hydrogen) atoms. The molecule has 1 atom stereocenters. The highest BCUT2D eigenvalue weighted by Gasteiger charge is 2.26. The topological polar surface area (TPSA) is 180 Å². The van der Waals surface area contributed by atoms with Gasteiger partial charge in [0.1, 0.15) is 23.8 Å². The van der Waals surface area contributed by atoms with E-state index in [4.69, 9.17) is 4.52 Å². The third-order valence-corrected chi connectivity index (χ3v) is 9.97. The molecule has 3 N–H and O–H groups in total. The molecule has 5 heterocycles. The number of hydrogen-bond acceptors (Lipinski definition) is 12. The van der Waals surface area contributed by atoms with Crippen LogP contribution in [0.25, 0.3) is 16.9 Å². The monoisotopic (exact) mass is 773 g/mol. The molecule has 4 aromatic heterocycles. The van der Waals surface area contributed by atoms with Crippen molar-refractivity contribution in [2.75, 3.05) is 42.9 Å². The maximum absolute atomic E-state index is 15.8. The summed E-state index contributed by atoms with van der Waals surface area (Å²) in [4.78, 5) is 60.8. The molecule has 0 unspecified atom stereocenters. The van der Waals surface area contributed by atoms with Gasteiger partial charge in [-0.1, -0.05) is 44.1 Å². The summed E-state index contributed by atoms with van der Waals surface area (Å²) in [7, 11) is 0. The van der Waals surface area contributed by atoms with E-state index in [0.29, 0.717) is 45.5 Å². The molecule has 0 aliphatic carbocycles. The lowest BCUT2D eigenvalue weighted by Crippen LogP contribution is -2.47. The number of H-pyrrole nitrogens is 1. The highest BCUT2D eigenvalue weighted by molar-refractivity contribution is 5.89. The molecule has 0 saturated carbocycles. The zero-order valence-corrected chi connectivity index (χ0v) is 32.4. The number of nitrogens with zero attached hydrogens (tertiary/aromatic N) is 8. The molecule has 2 aromatic carbocycles. The largest absolute Gasteiger partial charge is 0.368 e. The van der Waals surface area contributed by atoms with Gasteiger partial charge in [0.25, 0.3) is 5.56 Å². The van der Waals surface area contributed by atoms with Crippen LogP contribution in [0.5, 0.6) is 0 Å². The maximum atomic E-state index is 15.8. The predicted molar refractivity (Wildman–Crippen MR) is 214 cm³/mol. The van der Waals surface area contributed by atoms with Gasteiger partial charge in [-0.2, -0.15) is 4.98 Å². The Kier molecular flexibility index (Phi) is 11.1. The van der Waals surface area contributed by atoms with Crippen LogP contribution in [0.1, 0.15) is 66.9 Å². The molecule has 1 amide bonds. The van der Waals surface area contributed by atoms with Crippen molar-refractivity contribution in [3.63, 3.8) is 0 Å². The van der Waals surface area contributed by atoms with E-state index < -0.39 is 29.0 Å². The molecule has 0 radical (unpaired) electrons. The minimum atomic E-state index is -0.538. The van der Waals surface area contributed by atoms with Crippen molar-refractivity contribution in [1.29, 1.82) is 0 Å². The van der Waals surface area contributed by atoms with Crippen LogP contribution in [0.4, 0.5) is 21.7 Å². The van der Waals surface area contributed by atoms with Crippen LogP contribution in [0.15, 0.2) is 93.5 Å². The molecule has 0 spiro atoms. The quantitative estimate of drug-likeness (QED) is 0.159. The Morgan fingerprint density at radius 3 is 2.39 bits per heavy atom. The van der Waals surface area contributed by atoms with Crippen LogP contribution < -0.4 is 26.8 Å². The van der Waals surface area contributed by atoms with Crippen molar-refractivity contribution in [2.45, 2.75) is 52.5 Å². The van der Waals surface area contributed by atoms with Gasteiger partial charge >= 0.3 is 17.5 Å². The fourth-order valence-electron chi connectivity index (χ4n) is 6.64. The molecule has 6 aromatic rings. The van der Waals surface area contributed by atoms with Crippen molar-refractivity contribution in [1.82, 2.24) is 44.9 Å². The van der Waals surface area contributed by atoms with E-state index in [2.05, 4.69) is 50.5 Å². The zero-order chi connectivity index (χ0) is 40.3. The Morgan fingerprint density at radius 1 is 0.947 bits per heavy atom. The number of pyridine rings is 1. The van der Waals surface area contributed by atoms with Gasteiger partial charge in [-0.05, 0) is 67.3 Å². The number of nitrogens with one attached hydrogen (secondary N) is 3. The fourth-order valence-corrected chi connectivity index (χ4v) is 6.64. The third-order valence-electron chi connectivity index (χ3n) is 9.97. The smallest absolute Gasteiger partial charge is 0.332 e. The maximum Gasteiger partial charge on any atom is 0.332 e. The summed E-state index contributed by atoms with van der Waals surface area (Å²) in [6, 6.07) is 17.6. The van der Waals surface area contributed by atoms with Gasteiger partial charge in [0.2, 0.25) is 0 Å². The number of amides is 1. The van der Waals surface area contributed by atoms with Crippen LogP contribution >= 0.6 is 0 Å². The van der Waals surface area contributed by atoms with Crippen molar-refractivity contribution in [3.8, 4) is 16.9 Å². The van der Waals surface area contributed by atoms with Crippen LogP contribution in [-0.2, 0) is 11.8 Å². The Balaban J connectivity index is 0.911. The second-order valence-electron chi connectivity index (χ2n) is 15.1. The van der Waals surface area contributed by atoms with Gasteiger partial charge in [0.15, 0.2) is 5.82 Å². The normalized spacial score (nSPS) is 14.0. The molecule has 0 bridgehead atoms. The van der Waals surface area contributed by atoms with Crippen molar-refractivity contribution in [3.05, 3.63) is 134 Å². The second kappa shape index (κ2) is 16.3. The number of carbonyl (C=O) groups excluding carboxylic acids is 1. The first-order chi connectivity index (χ1) is 27.3. The Bertz CT molecular complexity index is 2480. The van der Waals surface area contributed by atoms with Crippen LogP contribution in [0.2, 0.25) is 0 Å². The van der Waals surface area contributed by atoms with Crippen LogP contribution in [-0.4, -0.2) is 78.2 Å². The van der Waals surface area contributed by atoms with Gasteiger partial charge in [-0.25, -0.2) is 24.1 Å². The van der Waals surface area contributed by atoms with Crippen LogP contribution in [0.3, 0.4) is 0 Å². The average molecular weight is 774 g/mol. The van der Waals surface area contributed by atoms with Gasteiger partial charge in [0.05, 0.1) is 29.3 Å². The first-order valence-corrected chi connectivity index (χ1v) is 18.7. The molecule has 1 aliphatic rings. The van der Waals surface area contributed by atoms with Crippen LogP contribution in [0, 0.1) is 12.7 Å². The first-order valence-electron chi connectivity index (χ1n) is 18.7. The average Bonchev–Trinajstić information content (AvgIpc) is 3.71. The SMILES string of the molecule is Cc1c([C@@H](C)NC(=O)c2nc(C(C)(C)C)no2)ccc(-c2cc(Nc3ccc(N4CCN(CCc5ccc(-n6ccc(=O)[nH]c6=O)cc5)CC4)cn3)ncn2)c1F. The lowest BCUT2D eigenvalue weighted by Gasteiger charge is -2.36. The van der Waals surface area contributed by atoms with E-state index in [1.165, 1.54) is 28.7 Å². The van der Waals surface area contributed by atoms with Gasteiger partial charge in [-0.15, -0.1) is 0 Å². The molecule has 294 valence electrons. The summed E-state index contributed by atoms with van der Waals surface area (Å²) in [6.07, 6.45) is 5.57. The fraction of sp³-hybridized carbons (Fsp3) is 0.317. The van der Waals surface area contributed by atoms with E-state index in [1.54, 1.807) is 32.0 Å². The molecule has 1 saturated heterocycles. The van der Waals surface area contributed by atoms with Crippen molar-refractivity contribution < 1.29 is 13.7 Å². The summed E-state index contributed by atoms with van der Waals surface area (Å²) in [5, 5.41) is 9.93. The van der Waals surface area contributed by atoms with Gasteiger partial charge in [0, 0.05) is 62.0 Å². The van der Waals surface area contributed by atoms with E-state index in [0.717, 1.165) is 44.8 Å². The molecular weight excluding hydrogens is 730 g/mol. The number of carbonyl (C=O) groups is 1. The number of anilines is 3. The number of rotatable bonds is 11. The molecule has 7 rings (SSSR count). The van der Waals surface area contributed by atoms with Gasteiger partial charge in [-0.3, -0.25) is 24.0 Å². The van der Waals surface area contributed by atoms with Crippen molar-refractivity contribution >= 4 is 23.2 Å². The number of piperazine rings is 1. The number of aromatic nitrogens is 7. The molecule has 16 heteroatoms. The third kappa shape index (κ3) is 8.96. The second-order valence-corrected chi connectivity index (χ2v) is 15.1. The van der Waals surface area contributed by atoms with E-state index in [1.807, 2.05) is 63.4 Å². The van der Waals surface area contributed by atoms with E-state index in [-0.39, 0.29) is 11.3 Å². The summed E-state index contributed by atoms with van der Waals surface area (Å²) < 4.78 is 22.4. The standard InChI is InChI=1S/C41H44FN11O4/c1-25-30(26(2)46-37(55)38-49-39(50-57-38)41(3,4)5)11-12-31(36(25)42)32-22-34(45-24-44-32)47-33-13-10-29(23-43-33)52-20-18-51(19-21-52)16-14-27-6-8-28(9-7-27)53-17-15-35(54)48-40(53)56/h6-13,15,17,22-24,26H,14,16,18-21H2,1-5H3,(H,46,55)(H,48,54,56)(H,43,44,45,47)/t26-/m1/s1. The lowest BCUT2D eigenvalue weighted by atomic mass is 9.96. The Morgan fingerprint density at radius 2 is 1.70 bits per heavy atom. The zero-order valence-electron chi connectivity index (χ0n) is 32.4. The molecule has 1 fully saturated rings. The summed E-state index contributed by atoms with van der Waals surface area (Å²) in [5.41, 5.74) is 3.31. The first kappa shape index (κ1) is 38.7. The van der Waals surface area contributed by atoms with E-state index in [9.17, 15) is 14.4 Å². The Hall–Kier alpha value is -6.55. The summed E-state index contributed by atoms with van der Waals surface area (Å²) in [6.45, 7) is 13.7. The number of aromatic amines is 1. The number of hydrogen-bond donors (Lipinski definition) is 3. The van der Waals surface area contributed by atoms with Gasteiger partial charge < -0.3 is 20.1 Å². The summed E-state index contributed by atoms with van der Waals surface area (Å²) in [5.74, 6) is 0.333. The van der Waals surface area contributed by atoms with E-state index >= 15 is 4.39 Å². The molecule has 1 aliphatic heterocycles. The minimum Gasteiger partial charge on any atom is -0.368 e.